The minimum atomic E-state index is -0.0731. The van der Waals surface area contributed by atoms with Gasteiger partial charge in [-0.1, -0.05) is 6.92 Å². The Balaban J connectivity index is 2.01. The van der Waals surface area contributed by atoms with Crippen molar-refractivity contribution in [2.75, 3.05) is 31.5 Å². The molecule has 1 unspecified atom stereocenters. The van der Waals surface area contributed by atoms with E-state index in [2.05, 4.69) is 24.1 Å². The average Bonchev–Trinajstić information content (AvgIpc) is 2.54. The maximum absolute atomic E-state index is 12.5. The molecule has 1 aliphatic rings. The molecule has 0 aromatic carbocycles. The Labute approximate surface area is 131 Å². The first kappa shape index (κ1) is 16.3. The molecule has 0 spiro atoms. The number of piperazine rings is 1. The Morgan fingerprint density at radius 1 is 1.27 bits per heavy atom. The van der Waals surface area contributed by atoms with Crippen molar-refractivity contribution in [2.45, 2.75) is 33.2 Å². The molecule has 1 aromatic heterocycles. The maximum Gasteiger partial charge on any atom is 0.272 e. The van der Waals surface area contributed by atoms with Gasteiger partial charge in [0.25, 0.3) is 5.91 Å². The van der Waals surface area contributed by atoms with Gasteiger partial charge in [-0.15, -0.1) is 0 Å². The lowest BCUT2D eigenvalue weighted by atomic mass is 10.2. The normalized spacial score (nSPS) is 16.3. The first-order valence-corrected chi connectivity index (χ1v) is 7.78. The molecule has 1 atom stereocenters. The molecule has 120 valence electrons. The summed E-state index contributed by atoms with van der Waals surface area (Å²) in [4.78, 5) is 31.5. The number of rotatable bonds is 4. The van der Waals surface area contributed by atoms with Crippen LogP contribution in [0.4, 0.5) is 5.69 Å². The molecular weight excluding hydrogens is 280 g/mol. The highest BCUT2D eigenvalue weighted by Crippen LogP contribution is 2.13. The summed E-state index contributed by atoms with van der Waals surface area (Å²) >= 11 is 0. The Kier molecular flexibility index (Phi) is 5.35. The zero-order valence-electron chi connectivity index (χ0n) is 13.5. The van der Waals surface area contributed by atoms with Crippen molar-refractivity contribution in [1.29, 1.82) is 0 Å². The van der Waals surface area contributed by atoms with Crippen molar-refractivity contribution in [1.82, 2.24) is 14.8 Å². The number of anilines is 1. The summed E-state index contributed by atoms with van der Waals surface area (Å²) in [6, 6.07) is 4.02. The van der Waals surface area contributed by atoms with Crippen LogP contribution in [0.5, 0.6) is 0 Å². The largest absolute Gasteiger partial charge is 0.382 e. The molecular formula is C16H24N4O2. The number of amides is 2. The molecule has 0 aliphatic carbocycles. The standard InChI is InChI=1S/C16H24N4O2/c1-4-12(2)18-14-5-6-17-15(11-14)16(22)20-9-7-19(8-10-20)13(3)21/h5-6,11-12H,4,7-10H2,1-3H3,(H,17,18). The van der Waals surface area contributed by atoms with Crippen LogP contribution >= 0.6 is 0 Å². The molecule has 6 heteroatoms. The fourth-order valence-corrected chi connectivity index (χ4v) is 2.41. The Morgan fingerprint density at radius 3 is 2.50 bits per heavy atom. The fraction of sp³-hybridized carbons (Fsp3) is 0.562. The highest BCUT2D eigenvalue weighted by atomic mass is 16.2. The third-order valence-electron chi connectivity index (χ3n) is 4.02. The highest BCUT2D eigenvalue weighted by Gasteiger charge is 2.24. The van der Waals surface area contributed by atoms with E-state index in [0.29, 0.717) is 37.9 Å². The van der Waals surface area contributed by atoms with E-state index in [1.807, 2.05) is 6.07 Å². The number of carbonyl (C=O) groups is 2. The van der Waals surface area contributed by atoms with Crippen LogP contribution in [0.2, 0.25) is 0 Å². The van der Waals surface area contributed by atoms with Crippen LogP contribution in [0.3, 0.4) is 0 Å². The van der Waals surface area contributed by atoms with Crippen LogP contribution < -0.4 is 5.32 Å². The second-order valence-electron chi connectivity index (χ2n) is 5.68. The van der Waals surface area contributed by atoms with Crippen LogP contribution in [0.1, 0.15) is 37.7 Å². The fourth-order valence-electron chi connectivity index (χ4n) is 2.41. The molecule has 22 heavy (non-hydrogen) atoms. The summed E-state index contributed by atoms with van der Waals surface area (Å²) < 4.78 is 0. The SMILES string of the molecule is CCC(C)Nc1ccnc(C(=O)N2CCN(C(C)=O)CC2)c1. The summed E-state index contributed by atoms with van der Waals surface area (Å²) in [5, 5.41) is 3.35. The first-order valence-electron chi connectivity index (χ1n) is 7.78. The van der Waals surface area contributed by atoms with E-state index in [9.17, 15) is 9.59 Å². The van der Waals surface area contributed by atoms with Crippen molar-refractivity contribution < 1.29 is 9.59 Å². The topological polar surface area (TPSA) is 65.5 Å². The van der Waals surface area contributed by atoms with Crippen molar-refractivity contribution in [3.05, 3.63) is 24.0 Å². The zero-order chi connectivity index (χ0) is 16.1. The summed E-state index contributed by atoms with van der Waals surface area (Å²) in [5.74, 6) is -0.0130. The van der Waals surface area contributed by atoms with E-state index in [1.165, 1.54) is 0 Å². The molecule has 1 fully saturated rings. The molecule has 6 nitrogen and oxygen atoms in total. The second kappa shape index (κ2) is 7.24. The van der Waals surface area contributed by atoms with Crippen LogP contribution in [0.15, 0.2) is 18.3 Å². The van der Waals surface area contributed by atoms with E-state index >= 15 is 0 Å². The number of hydrogen-bond donors (Lipinski definition) is 1. The summed E-state index contributed by atoms with van der Waals surface area (Å²) in [6.07, 6.45) is 2.67. The average molecular weight is 304 g/mol. The number of nitrogens with one attached hydrogen (secondary N) is 1. The quantitative estimate of drug-likeness (QED) is 0.917. The van der Waals surface area contributed by atoms with Gasteiger partial charge in [0.15, 0.2) is 0 Å². The monoisotopic (exact) mass is 304 g/mol. The number of hydrogen-bond acceptors (Lipinski definition) is 4. The number of carbonyl (C=O) groups excluding carboxylic acids is 2. The van der Waals surface area contributed by atoms with E-state index in [4.69, 9.17) is 0 Å². The first-order chi connectivity index (χ1) is 10.5. The third-order valence-corrected chi connectivity index (χ3v) is 4.02. The van der Waals surface area contributed by atoms with Gasteiger partial charge in [-0.25, -0.2) is 0 Å². The van der Waals surface area contributed by atoms with Crippen LogP contribution in [-0.4, -0.2) is 58.8 Å². The van der Waals surface area contributed by atoms with E-state index in [1.54, 1.807) is 29.0 Å². The van der Waals surface area contributed by atoms with Gasteiger partial charge >= 0.3 is 0 Å². The maximum atomic E-state index is 12.5. The molecule has 0 saturated carbocycles. The van der Waals surface area contributed by atoms with Gasteiger partial charge < -0.3 is 15.1 Å². The number of aromatic nitrogens is 1. The second-order valence-corrected chi connectivity index (χ2v) is 5.68. The molecule has 2 rings (SSSR count). The summed E-state index contributed by atoms with van der Waals surface area (Å²) in [5.41, 5.74) is 1.36. The van der Waals surface area contributed by atoms with Crippen LogP contribution in [-0.2, 0) is 4.79 Å². The van der Waals surface area contributed by atoms with Gasteiger partial charge in [-0.05, 0) is 25.5 Å². The smallest absolute Gasteiger partial charge is 0.272 e. The van der Waals surface area contributed by atoms with Gasteiger partial charge in [-0.3, -0.25) is 14.6 Å². The van der Waals surface area contributed by atoms with E-state index in [0.717, 1.165) is 12.1 Å². The van der Waals surface area contributed by atoms with Crippen molar-refractivity contribution in [2.24, 2.45) is 0 Å². The van der Waals surface area contributed by atoms with Crippen LogP contribution in [0, 0.1) is 0 Å². The van der Waals surface area contributed by atoms with Crippen molar-refractivity contribution in [3.8, 4) is 0 Å². The number of nitrogens with zero attached hydrogens (tertiary/aromatic N) is 3. The predicted molar refractivity (Wildman–Crippen MR) is 85.8 cm³/mol. The van der Waals surface area contributed by atoms with Crippen molar-refractivity contribution in [3.63, 3.8) is 0 Å². The van der Waals surface area contributed by atoms with Gasteiger partial charge in [0.1, 0.15) is 5.69 Å². The van der Waals surface area contributed by atoms with Gasteiger partial charge in [0.05, 0.1) is 0 Å². The lowest BCUT2D eigenvalue weighted by Gasteiger charge is -2.34. The minimum absolute atomic E-state index is 0.0602. The molecule has 2 amide bonds. The minimum Gasteiger partial charge on any atom is -0.382 e. The van der Waals surface area contributed by atoms with E-state index < -0.39 is 0 Å². The molecule has 1 N–H and O–H groups in total. The van der Waals surface area contributed by atoms with Gasteiger partial charge in [-0.2, -0.15) is 0 Å². The Hall–Kier alpha value is -2.11. The summed E-state index contributed by atoms with van der Waals surface area (Å²) in [7, 11) is 0. The van der Waals surface area contributed by atoms with Gasteiger partial charge in [0, 0.05) is 51.0 Å². The van der Waals surface area contributed by atoms with Crippen molar-refractivity contribution >= 4 is 17.5 Å². The molecule has 0 bridgehead atoms. The zero-order valence-corrected chi connectivity index (χ0v) is 13.5. The van der Waals surface area contributed by atoms with Crippen LogP contribution in [0.25, 0.3) is 0 Å². The molecule has 2 heterocycles. The lowest BCUT2D eigenvalue weighted by Crippen LogP contribution is -2.50. The third kappa shape index (κ3) is 3.96. The molecule has 0 radical (unpaired) electrons. The van der Waals surface area contributed by atoms with E-state index in [-0.39, 0.29) is 11.8 Å². The summed E-state index contributed by atoms with van der Waals surface area (Å²) in [6.45, 7) is 8.06. The lowest BCUT2D eigenvalue weighted by molar-refractivity contribution is -0.130. The number of pyridine rings is 1. The highest BCUT2D eigenvalue weighted by molar-refractivity contribution is 5.93. The Bertz CT molecular complexity index is 539. The molecule has 1 saturated heterocycles. The molecule has 1 aliphatic heterocycles. The Morgan fingerprint density at radius 2 is 1.91 bits per heavy atom. The van der Waals surface area contributed by atoms with Gasteiger partial charge in [0.2, 0.25) is 5.91 Å². The molecule has 1 aromatic rings. The predicted octanol–water partition coefficient (Wildman–Crippen LogP) is 1.60.